The zero-order valence-corrected chi connectivity index (χ0v) is 14.1. The lowest BCUT2D eigenvalue weighted by molar-refractivity contribution is -0.122. The summed E-state index contributed by atoms with van der Waals surface area (Å²) >= 11 is 1.68. The molecule has 0 saturated heterocycles. The van der Waals surface area contributed by atoms with Gasteiger partial charge in [-0.3, -0.25) is 4.79 Å². The highest BCUT2D eigenvalue weighted by atomic mass is 32.1. The molecule has 1 saturated carbocycles. The fourth-order valence-corrected chi connectivity index (χ4v) is 2.68. The molecule has 0 atom stereocenters. The van der Waals surface area contributed by atoms with E-state index in [1.165, 1.54) is 0 Å². The van der Waals surface area contributed by atoms with Crippen molar-refractivity contribution in [2.24, 2.45) is 10.9 Å². The number of amides is 1. The van der Waals surface area contributed by atoms with Crippen molar-refractivity contribution in [1.29, 1.82) is 0 Å². The number of carbonyl (C=O) groups excluding carboxylic acids is 1. The summed E-state index contributed by atoms with van der Waals surface area (Å²) in [5.41, 5.74) is 1.00. The average Bonchev–Trinajstić information content (AvgIpc) is 3.28. The zero-order chi connectivity index (χ0) is 15.8. The first-order valence-electron chi connectivity index (χ1n) is 7.96. The van der Waals surface area contributed by atoms with Crippen molar-refractivity contribution in [1.82, 2.24) is 20.9 Å². The fraction of sp³-hybridized carbons (Fsp3) is 0.667. The number of nitrogens with one attached hydrogen (secondary N) is 3. The van der Waals surface area contributed by atoms with Crippen LogP contribution in [0.4, 0.5) is 0 Å². The summed E-state index contributed by atoms with van der Waals surface area (Å²) in [6, 6.07) is 0. The largest absolute Gasteiger partial charge is 0.357 e. The highest BCUT2D eigenvalue weighted by molar-refractivity contribution is 7.09. The molecule has 1 aliphatic rings. The summed E-state index contributed by atoms with van der Waals surface area (Å²) in [6.07, 6.45) is 3.04. The van der Waals surface area contributed by atoms with Crippen molar-refractivity contribution in [3.63, 3.8) is 0 Å². The molecule has 1 aromatic heterocycles. The molecule has 0 unspecified atom stereocenters. The Morgan fingerprint density at radius 1 is 1.32 bits per heavy atom. The molecule has 22 heavy (non-hydrogen) atoms. The van der Waals surface area contributed by atoms with E-state index in [1.54, 1.807) is 11.3 Å². The maximum atomic E-state index is 11.5. The van der Waals surface area contributed by atoms with E-state index >= 15 is 0 Å². The van der Waals surface area contributed by atoms with Gasteiger partial charge < -0.3 is 16.0 Å². The number of rotatable bonds is 8. The van der Waals surface area contributed by atoms with E-state index in [1.807, 2.05) is 6.92 Å². The molecule has 1 heterocycles. The first-order chi connectivity index (χ1) is 10.7. The van der Waals surface area contributed by atoms with Gasteiger partial charge in [-0.15, -0.1) is 11.3 Å². The summed E-state index contributed by atoms with van der Waals surface area (Å²) < 4.78 is 0. The Labute approximate surface area is 135 Å². The Morgan fingerprint density at radius 3 is 2.73 bits per heavy atom. The van der Waals surface area contributed by atoms with Gasteiger partial charge in [0, 0.05) is 30.9 Å². The van der Waals surface area contributed by atoms with E-state index in [-0.39, 0.29) is 11.8 Å². The quantitative estimate of drug-likeness (QED) is 0.383. The number of hydrogen-bond acceptors (Lipinski definition) is 4. The lowest BCUT2D eigenvalue weighted by Gasteiger charge is -2.11. The van der Waals surface area contributed by atoms with Crippen LogP contribution < -0.4 is 16.0 Å². The molecule has 0 bridgehead atoms. The van der Waals surface area contributed by atoms with Gasteiger partial charge in [0.25, 0.3) is 0 Å². The predicted octanol–water partition coefficient (Wildman–Crippen LogP) is 1.29. The lowest BCUT2D eigenvalue weighted by Crippen LogP contribution is -2.41. The third-order valence-corrected chi connectivity index (χ3v) is 4.35. The van der Waals surface area contributed by atoms with Crippen LogP contribution in [0.15, 0.2) is 10.4 Å². The smallest absolute Gasteiger partial charge is 0.223 e. The number of aromatic nitrogens is 1. The third-order valence-electron chi connectivity index (χ3n) is 3.31. The molecule has 7 heteroatoms. The van der Waals surface area contributed by atoms with Crippen LogP contribution in [0.2, 0.25) is 0 Å². The SMILES string of the molecule is CCNC(=NCc1csc(CC)n1)NCCNC(=O)C1CC1. The molecule has 2 rings (SSSR count). The minimum Gasteiger partial charge on any atom is -0.357 e. The predicted molar refractivity (Wildman–Crippen MR) is 90.0 cm³/mol. The maximum Gasteiger partial charge on any atom is 0.223 e. The normalized spacial score (nSPS) is 14.7. The summed E-state index contributed by atoms with van der Waals surface area (Å²) in [4.78, 5) is 20.6. The monoisotopic (exact) mass is 323 g/mol. The molecule has 1 aromatic rings. The summed E-state index contributed by atoms with van der Waals surface area (Å²) in [7, 11) is 0. The van der Waals surface area contributed by atoms with Gasteiger partial charge in [-0.25, -0.2) is 9.98 Å². The molecule has 6 nitrogen and oxygen atoms in total. The van der Waals surface area contributed by atoms with E-state index in [2.05, 4.69) is 38.2 Å². The third kappa shape index (κ3) is 5.63. The molecule has 3 N–H and O–H groups in total. The van der Waals surface area contributed by atoms with Crippen molar-refractivity contribution in [3.8, 4) is 0 Å². The first kappa shape index (κ1) is 16.7. The second kappa shape index (κ2) is 8.73. The molecule has 0 spiro atoms. The van der Waals surface area contributed by atoms with Crippen LogP contribution in [0.5, 0.6) is 0 Å². The summed E-state index contributed by atoms with van der Waals surface area (Å²) in [5.74, 6) is 1.20. The molecule has 0 radical (unpaired) electrons. The van der Waals surface area contributed by atoms with Crippen LogP contribution in [0.3, 0.4) is 0 Å². The van der Waals surface area contributed by atoms with E-state index < -0.39 is 0 Å². The van der Waals surface area contributed by atoms with Crippen molar-refractivity contribution < 1.29 is 4.79 Å². The molecule has 0 aromatic carbocycles. The number of thiazole rings is 1. The van der Waals surface area contributed by atoms with Crippen LogP contribution in [0, 0.1) is 5.92 Å². The van der Waals surface area contributed by atoms with Crippen LogP contribution in [0.25, 0.3) is 0 Å². The number of nitrogens with zero attached hydrogens (tertiary/aromatic N) is 2. The van der Waals surface area contributed by atoms with Crippen LogP contribution in [0.1, 0.15) is 37.4 Å². The Kier molecular flexibility index (Phi) is 6.64. The molecule has 1 amide bonds. The molecule has 1 aliphatic carbocycles. The van der Waals surface area contributed by atoms with E-state index in [0.29, 0.717) is 19.6 Å². The average molecular weight is 323 g/mol. The number of carbonyl (C=O) groups is 1. The van der Waals surface area contributed by atoms with Gasteiger partial charge in [0.15, 0.2) is 5.96 Å². The standard InChI is InChI=1S/C15H25N5OS/c1-3-13-20-12(10-22-13)9-19-15(16-4-2)18-8-7-17-14(21)11-5-6-11/h10-11H,3-9H2,1-2H3,(H,17,21)(H2,16,18,19). The molecule has 1 fully saturated rings. The van der Waals surface area contributed by atoms with Gasteiger partial charge in [0.2, 0.25) is 5.91 Å². The van der Waals surface area contributed by atoms with Crippen molar-refractivity contribution in [2.75, 3.05) is 19.6 Å². The number of aryl methyl sites for hydroxylation is 1. The van der Waals surface area contributed by atoms with Crippen molar-refractivity contribution in [2.45, 2.75) is 39.7 Å². The number of hydrogen-bond donors (Lipinski definition) is 3. The second-order valence-electron chi connectivity index (χ2n) is 5.27. The molecular formula is C15H25N5OS. The van der Waals surface area contributed by atoms with Crippen LogP contribution in [-0.2, 0) is 17.8 Å². The number of guanidine groups is 1. The van der Waals surface area contributed by atoms with Gasteiger partial charge in [0.1, 0.15) is 0 Å². The van der Waals surface area contributed by atoms with Gasteiger partial charge in [-0.2, -0.15) is 0 Å². The van der Waals surface area contributed by atoms with Crippen LogP contribution >= 0.6 is 11.3 Å². The van der Waals surface area contributed by atoms with Crippen molar-refractivity contribution >= 4 is 23.2 Å². The van der Waals surface area contributed by atoms with Gasteiger partial charge in [-0.1, -0.05) is 6.92 Å². The highest BCUT2D eigenvalue weighted by Gasteiger charge is 2.28. The van der Waals surface area contributed by atoms with Gasteiger partial charge in [-0.05, 0) is 26.2 Å². The second-order valence-corrected chi connectivity index (χ2v) is 6.22. The van der Waals surface area contributed by atoms with Crippen LogP contribution in [-0.4, -0.2) is 36.5 Å². The first-order valence-corrected chi connectivity index (χ1v) is 8.84. The summed E-state index contributed by atoms with van der Waals surface area (Å²) in [5, 5.41) is 12.6. The topological polar surface area (TPSA) is 78.4 Å². The summed E-state index contributed by atoms with van der Waals surface area (Å²) in [6.45, 7) is 6.80. The van der Waals surface area contributed by atoms with E-state index in [4.69, 9.17) is 0 Å². The van der Waals surface area contributed by atoms with E-state index in [0.717, 1.165) is 42.5 Å². The van der Waals surface area contributed by atoms with E-state index in [9.17, 15) is 4.79 Å². The Balaban J connectivity index is 1.72. The molecule has 0 aliphatic heterocycles. The number of aliphatic imine (C=N–C) groups is 1. The maximum absolute atomic E-state index is 11.5. The van der Waals surface area contributed by atoms with Crippen molar-refractivity contribution in [3.05, 3.63) is 16.1 Å². The Bertz CT molecular complexity index is 510. The minimum atomic E-state index is 0.179. The Hall–Kier alpha value is -1.63. The zero-order valence-electron chi connectivity index (χ0n) is 13.3. The highest BCUT2D eigenvalue weighted by Crippen LogP contribution is 2.28. The fourth-order valence-electron chi connectivity index (χ4n) is 1.94. The Morgan fingerprint density at radius 2 is 2.09 bits per heavy atom. The minimum absolute atomic E-state index is 0.179. The lowest BCUT2D eigenvalue weighted by atomic mass is 10.4. The molecule has 122 valence electrons. The van der Waals surface area contributed by atoms with Gasteiger partial charge in [0.05, 0.1) is 17.2 Å². The molecular weight excluding hydrogens is 298 g/mol. The van der Waals surface area contributed by atoms with Gasteiger partial charge >= 0.3 is 0 Å².